The summed E-state index contributed by atoms with van der Waals surface area (Å²) < 4.78 is 5.45. The van der Waals surface area contributed by atoms with Gasteiger partial charge in [0.05, 0.1) is 5.92 Å². The second kappa shape index (κ2) is 3.75. The van der Waals surface area contributed by atoms with E-state index in [1.807, 2.05) is 0 Å². The van der Waals surface area contributed by atoms with E-state index < -0.39 is 0 Å². The van der Waals surface area contributed by atoms with Crippen LogP contribution in [-0.2, 0) is 9.53 Å². The normalized spacial score (nSPS) is 51.8. The van der Waals surface area contributed by atoms with Crippen molar-refractivity contribution in [3.63, 3.8) is 0 Å². The molecule has 3 aliphatic rings. The third-order valence-electron chi connectivity index (χ3n) is 5.42. The van der Waals surface area contributed by atoms with Crippen LogP contribution in [0.1, 0.15) is 46.0 Å². The van der Waals surface area contributed by atoms with Crippen LogP contribution in [0.3, 0.4) is 0 Å². The average Bonchev–Trinajstić information content (AvgIpc) is 2.55. The monoisotopic (exact) mass is 222 g/mol. The molecule has 0 bridgehead atoms. The second-order valence-electron chi connectivity index (χ2n) is 6.13. The van der Waals surface area contributed by atoms with Gasteiger partial charge in [-0.15, -0.1) is 0 Å². The predicted octanol–water partition coefficient (Wildman–Crippen LogP) is 3.01. The Balaban J connectivity index is 1.86. The van der Waals surface area contributed by atoms with E-state index in [2.05, 4.69) is 13.8 Å². The van der Waals surface area contributed by atoms with Gasteiger partial charge in [0.2, 0.25) is 0 Å². The summed E-state index contributed by atoms with van der Waals surface area (Å²) in [5, 5.41) is 0. The van der Waals surface area contributed by atoms with Gasteiger partial charge in [0.1, 0.15) is 6.10 Å². The van der Waals surface area contributed by atoms with Crippen molar-refractivity contribution in [2.45, 2.75) is 52.1 Å². The van der Waals surface area contributed by atoms with Crippen molar-refractivity contribution >= 4 is 5.97 Å². The molecule has 0 aromatic carbocycles. The molecule has 0 N–H and O–H groups in total. The summed E-state index contributed by atoms with van der Waals surface area (Å²) in [5.41, 5.74) is 0. The first kappa shape index (κ1) is 10.6. The summed E-state index contributed by atoms with van der Waals surface area (Å²) >= 11 is 0. The molecule has 0 aromatic rings. The minimum atomic E-state index is 0.0911. The van der Waals surface area contributed by atoms with E-state index in [1.165, 1.54) is 25.7 Å². The molecule has 2 saturated carbocycles. The summed E-state index contributed by atoms with van der Waals surface area (Å²) in [7, 11) is 0. The van der Waals surface area contributed by atoms with Crippen molar-refractivity contribution in [2.24, 2.45) is 29.6 Å². The number of carbonyl (C=O) groups is 1. The summed E-state index contributed by atoms with van der Waals surface area (Å²) in [6, 6.07) is 0. The Bertz CT molecular complexity index is 299. The van der Waals surface area contributed by atoms with E-state index in [-0.39, 0.29) is 18.0 Å². The maximum atomic E-state index is 11.8. The lowest BCUT2D eigenvalue weighted by Crippen LogP contribution is -2.42. The lowest BCUT2D eigenvalue weighted by Gasteiger charge is -2.45. The summed E-state index contributed by atoms with van der Waals surface area (Å²) in [4.78, 5) is 11.8. The molecule has 1 saturated heterocycles. The Morgan fingerprint density at radius 2 is 1.94 bits per heavy atom. The van der Waals surface area contributed by atoms with Crippen molar-refractivity contribution in [1.29, 1.82) is 0 Å². The molecule has 2 aliphatic carbocycles. The molecule has 1 heterocycles. The molecular weight excluding hydrogens is 200 g/mol. The lowest BCUT2D eigenvalue weighted by molar-refractivity contribution is -0.144. The molecule has 90 valence electrons. The molecule has 0 amide bonds. The third-order valence-corrected chi connectivity index (χ3v) is 5.42. The zero-order valence-corrected chi connectivity index (χ0v) is 10.3. The van der Waals surface area contributed by atoms with Gasteiger partial charge in [-0.25, -0.2) is 0 Å². The summed E-state index contributed by atoms with van der Waals surface area (Å²) in [6.07, 6.45) is 6.77. The number of rotatable bonds is 0. The topological polar surface area (TPSA) is 26.3 Å². The van der Waals surface area contributed by atoms with Crippen molar-refractivity contribution < 1.29 is 9.53 Å². The highest BCUT2D eigenvalue weighted by molar-refractivity contribution is 5.75. The zero-order chi connectivity index (χ0) is 11.3. The quantitative estimate of drug-likeness (QED) is 0.589. The number of fused-ring (bicyclic) bond motifs is 2. The third kappa shape index (κ3) is 1.42. The van der Waals surface area contributed by atoms with Gasteiger partial charge in [-0.3, -0.25) is 4.79 Å². The Morgan fingerprint density at radius 1 is 1.19 bits per heavy atom. The van der Waals surface area contributed by atoms with Gasteiger partial charge in [-0.2, -0.15) is 0 Å². The Labute approximate surface area is 97.7 Å². The first-order valence-electron chi connectivity index (χ1n) is 6.89. The predicted molar refractivity (Wildman–Crippen MR) is 61.8 cm³/mol. The molecule has 3 rings (SSSR count). The molecule has 2 heteroatoms. The molecule has 2 nitrogen and oxygen atoms in total. The molecule has 1 aliphatic heterocycles. The van der Waals surface area contributed by atoms with Crippen LogP contribution in [0.2, 0.25) is 0 Å². The smallest absolute Gasteiger partial charge is 0.309 e. The van der Waals surface area contributed by atoms with E-state index >= 15 is 0 Å². The Kier molecular flexibility index (Phi) is 2.49. The van der Waals surface area contributed by atoms with Crippen LogP contribution < -0.4 is 0 Å². The molecule has 0 radical (unpaired) electrons. The second-order valence-corrected chi connectivity index (χ2v) is 6.13. The SMILES string of the molecule is CC1C2CCCCC2CC2C(=O)O[C@H](C)C21. The van der Waals surface area contributed by atoms with Crippen molar-refractivity contribution in [3.05, 3.63) is 0 Å². The van der Waals surface area contributed by atoms with Crippen LogP contribution in [0.4, 0.5) is 0 Å². The van der Waals surface area contributed by atoms with Gasteiger partial charge in [0, 0.05) is 5.92 Å². The lowest BCUT2D eigenvalue weighted by atomic mass is 9.58. The maximum Gasteiger partial charge on any atom is 0.309 e. The van der Waals surface area contributed by atoms with Gasteiger partial charge in [-0.05, 0) is 37.5 Å². The molecule has 3 fully saturated rings. The number of cyclic esters (lactones) is 1. The van der Waals surface area contributed by atoms with Crippen LogP contribution >= 0.6 is 0 Å². The fourth-order valence-electron chi connectivity index (χ4n) is 4.71. The van der Waals surface area contributed by atoms with E-state index in [4.69, 9.17) is 4.74 Å². The first-order valence-corrected chi connectivity index (χ1v) is 6.89. The molecule has 6 atom stereocenters. The van der Waals surface area contributed by atoms with Crippen LogP contribution in [0.15, 0.2) is 0 Å². The standard InChI is InChI=1S/C14H22O2/c1-8-11-6-4-3-5-10(11)7-12-13(8)9(2)16-14(12)15/h8-13H,3-7H2,1-2H3/t8?,9-,10?,11?,12?,13?/m1/s1. The minimum Gasteiger partial charge on any atom is -0.462 e. The number of hydrogen-bond donors (Lipinski definition) is 0. The van der Waals surface area contributed by atoms with E-state index in [9.17, 15) is 4.79 Å². The van der Waals surface area contributed by atoms with Crippen LogP contribution in [0.25, 0.3) is 0 Å². The van der Waals surface area contributed by atoms with Crippen molar-refractivity contribution in [2.75, 3.05) is 0 Å². The minimum absolute atomic E-state index is 0.0911. The van der Waals surface area contributed by atoms with Gasteiger partial charge >= 0.3 is 5.97 Å². The fraction of sp³-hybridized carbons (Fsp3) is 0.929. The molecular formula is C14H22O2. The Morgan fingerprint density at radius 3 is 2.75 bits per heavy atom. The highest BCUT2D eigenvalue weighted by atomic mass is 16.6. The van der Waals surface area contributed by atoms with E-state index in [0.717, 1.165) is 18.3 Å². The molecule has 0 spiro atoms. The van der Waals surface area contributed by atoms with Crippen LogP contribution in [0.5, 0.6) is 0 Å². The number of ether oxygens (including phenoxy) is 1. The largest absolute Gasteiger partial charge is 0.462 e. The van der Waals surface area contributed by atoms with Gasteiger partial charge in [-0.1, -0.05) is 26.2 Å². The summed E-state index contributed by atoms with van der Waals surface area (Å²) in [6.45, 7) is 4.44. The fourth-order valence-corrected chi connectivity index (χ4v) is 4.71. The van der Waals surface area contributed by atoms with Gasteiger partial charge in [0.15, 0.2) is 0 Å². The number of hydrogen-bond acceptors (Lipinski definition) is 2. The Hall–Kier alpha value is -0.530. The average molecular weight is 222 g/mol. The van der Waals surface area contributed by atoms with Crippen LogP contribution in [0, 0.1) is 29.6 Å². The molecule has 16 heavy (non-hydrogen) atoms. The highest BCUT2D eigenvalue weighted by Crippen LogP contribution is 2.52. The highest BCUT2D eigenvalue weighted by Gasteiger charge is 2.52. The summed E-state index contributed by atoms with van der Waals surface area (Å²) in [5.74, 6) is 3.19. The first-order chi connectivity index (χ1) is 7.68. The molecule has 0 aromatic heterocycles. The van der Waals surface area contributed by atoms with Gasteiger partial charge in [0.25, 0.3) is 0 Å². The van der Waals surface area contributed by atoms with E-state index in [1.54, 1.807) is 0 Å². The van der Waals surface area contributed by atoms with Gasteiger partial charge < -0.3 is 4.74 Å². The maximum absolute atomic E-state index is 11.8. The van der Waals surface area contributed by atoms with Crippen molar-refractivity contribution in [3.8, 4) is 0 Å². The van der Waals surface area contributed by atoms with E-state index in [0.29, 0.717) is 11.8 Å². The van der Waals surface area contributed by atoms with Crippen LogP contribution in [-0.4, -0.2) is 12.1 Å². The molecule has 5 unspecified atom stereocenters. The number of esters is 1. The van der Waals surface area contributed by atoms with Crippen molar-refractivity contribution in [1.82, 2.24) is 0 Å². The zero-order valence-electron chi connectivity index (χ0n) is 10.3. The number of carbonyl (C=O) groups excluding carboxylic acids is 1.